The Morgan fingerprint density at radius 3 is 2.95 bits per heavy atom. The van der Waals surface area contributed by atoms with Crippen LogP contribution in [0.5, 0.6) is 0 Å². The molecule has 0 atom stereocenters. The molecule has 1 aromatic heterocycles. The number of nitrogens with zero attached hydrogens (tertiary/aromatic N) is 2. The Kier molecular flexibility index (Phi) is 5.16. The van der Waals surface area contributed by atoms with Crippen LogP contribution in [0.15, 0.2) is 18.5 Å². The first kappa shape index (κ1) is 14.3. The highest BCUT2D eigenvalue weighted by molar-refractivity contribution is 5.51. The van der Waals surface area contributed by atoms with Crippen LogP contribution < -0.4 is 10.2 Å². The van der Waals surface area contributed by atoms with Crippen LogP contribution in [-0.4, -0.2) is 37.3 Å². The Labute approximate surface area is 116 Å². The highest BCUT2D eigenvalue weighted by atomic mass is 16.5. The summed E-state index contributed by atoms with van der Waals surface area (Å²) in [7, 11) is 2.11. The van der Waals surface area contributed by atoms with E-state index in [1.807, 2.05) is 12.4 Å². The van der Waals surface area contributed by atoms with E-state index in [-0.39, 0.29) is 0 Å². The number of hydrogen-bond donors (Lipinski definition) is 1. The quantitative estimate of drug-likeness (QED) is 0.780. The van der Waals surface area contributed by atoms with E-state index in [0.717, 1.165) is 25.7 Å². The van der Waals surface area contributed by atoms with Gasteiger partial charge in [-0.15, -0.1) is 0 Å². The summed E-state index contributed by atoms with van der Waals surface area (Å²) in [5.74, 6) is 0. The van der Waals surface area contributed by atoms with Crippen molar-refractivity contribution in [2.24, 2.45) is 0 Å². The maximum atomic E-state index is 5.61. The normalized spacial score (nSPS) is 14.9. The van der Waals surface area contributed by atoms with Crippen LogP contribution in [0.2, 0.25) is 0 Å². The second-order valence-corrected chi connectivity index (χ2v) is 5.50. The van der Waals surface area contributed by atoms with Gasteiger partial charge in [0.2, 0.25) is 0 Å². The average molecular weight is 263 g/mol. The zero-order chi connectivity index (χ0) is 13.7. The lowest BCUT2D eigenvalue weighted by molar-refractivity contribution is 0.0846. The molecule has 0 aliphatic heterocycles. The predicted octanol–water partition coefficient (Wildman–Crippen LogP) is 2.19. The van der Waals surface area contributed by atoms with E-state index in [9.17, 15) is 0 Å². The first-order valence-electron chi connectivity index (χ1n) is 7.16. The van der Waals surface area contributed by atoms with Crippen molar-refractivity contribution in [3.8, 4) is 0 Å². The topological polar surface area (TPSA) is 37.4 Å². The van der Waals surface area contributed by atoms with Crippen molar-refractivity contribution in [2.45, 2.75) is 45.4 Å². The van der Waals surface area contributed by atoms with Crippen molar-refractivity contribution in [2.75, 3.05) is 25.1 Å². The molecule has 0 bridgehead atoms. The molecule has 0 spiro atoms. The molecule has 1 aromatic rings. The monoisotopic (exact) mass is 263 g/mol. The Bertz CT molecular complexity index is 391. The van der Waals surface area contributed by atoms with Gasteiger partial charge in [0.15, 0.2) is 0 Å². The predicted molar refractivity (Wildman–Crippen MR) is 78.5 cm³/mol. The summed E-state index contributed by atoms with van der Waals surface area (Å²) in [6, 6.07) is 2.81. The molecule has 0 saturated heterocycles. The van der Waals surface area contributed by atoms with Crippen LogP contribution in [0.1, 0.15) is 32.3 Å². The maximum absolute atomic E-state index is 5.61. The number of likely N-dealkylation sites (N-methyl/N-ethyl adjacent to an activating group) is 1. The van der Waals surface area contributed by atoms with Crippen molar-refractivity contribution in [3.63, 3.8) is 0 Å². The van der Waals surface area contributed by atoms with E-state index in [0.29, 0.717) is 6.10 Å². The highest BCUT2D eigenvalue weighted by Gasteiger charge is 2.20. The number of anilines is 1. The molecule has 106 valence electrons. The first-order chi connectivity index (χ1) is 9.16. The number of ether oxygens (including phenoxy) is 1. The molecule has 4 nitrogen and oxygen atoms in total. The molecule has 2 rings (SSSR count). The molecule has 0 aromatic carbocycles. The van der Waals surface area contributed by atoms with Gasteiger partial charge in [-0.25, -0.2) is 0 Å². The summed E-state index contributed by atoms with van der Waals surface area (Å²) in [5.41, 5.74) is 2.51. The van der Waals surface area contributed by atoms with Gasteiger partial charge in [-0.1, -0.05) is 0 Å². The fraction of sp³-hybridized carbons (Fsp3) is 0.667. The Morgan fingerprint density at radius 2 is 2.26 bits per heavy atom. The fourth-order valence-corrected chi connectivity index (χ4v) is 2.02. The molecule has 1 aliphatic rings. The van der Waals surface area contributed by atoms with Crippen LogP contribution in [0.3, 0.4) is 0 Å². The van der Waals surface area contributed by atoms with Gasteiger partial charge in [0.25, 0.3) is 0 Å². The summed E-state index contributed by atoms with van der Waals surface area (Å²) < 4.78 is 5.61. The van der Waals surface area contributed by atoms with E-state index >= 15 is 0 Å². The SMILES string of the molecule is CC(C)OCCN(C)c1ccncc1CNC1CC1. The third kappa shape index (κ3) is 4.80. The smallest absolute Gasteiger partial charge is 0.0644 e. The van der Waals surface area contributed by atoms with Gasteiger partial charge in [0.05, 0.1) is 12.7 Å². The lowest BCUT2D eigenvalue weighted by Crippen LogP contribution is -2.26. The Hall–Kier alpha value is -1.13. The standard InChI is InChI=1S/C15H25N3O/c1-12(2)19-9-8-18(3)15-6-7-16-10-13(15)11-17-14-4-5-14/h6-7,10,12,14,17H,4-5,8-9,11H2,1-3H3. The number of nitrogens with one attached hydrogen (secondary N) is 1. The number of rotatable bonds is 8. The number of hydrogen-bond acceptors (Lipinski definition) is 4. The zero-order valence-corrected chi connectivity index (χ0v) is 12.2. The number of pyridine rings is 1. The Balaban J connectivity index is 1.89. The summed E-state index contributed by atoms with van der Waals surface area (Å²) in [6.45, 7) is 6.70. The molecule has 1 N–H and O–H groups in total. The lowest BCUT2D eigenvalue weighted by Gasteiger charge is -2.23. The largest absolute Gasteiger partial charge is 0.377 e. The van der Waals surface area contributed by atoms with Crippen LogP contribution in [0.25, 0.3) is 0 Å². The second kappa shape index (κ2) is 6.87. The van der Waals surface area contributed by atoms with Gasteiger partial charge in [0.1, 0.15) is 0 Å². The fourth-order valence-electron chi connectivity index (χ4n) is 2.02. The third-order valence-electron chi connectivity index (χ3n) is 3.33. The summed E-state index contributed by atoms with van der Waals surface area (Å²) in [6.07, 6.45) is 6.74. The lowest BCUT2D eigenvalue weighted by atomic mass is 10.2. The molecule has 19 heavy (non-hydrogen) atoms. The van der Waals surface area contributed by atoms with Crippen molar-refractivity contribution in [1.82, 2.24) is 10.3 Å². The van der Waals surface area contributed by atoms with E-state index in [2.05, 4.69) is 42.2 Å². The molecule has 0 radical (unpaired) electrons. The molecule has 1 aliphatic carbocycles. The Morgan fingerprint density at radius 1 is 1.47 bits per heavy atom. The van der Waals surface area contributed by atoms with Crippen LogP contribution in [-0.2, 0) is 11.3 Å². The molecule has 0 unspecified atom stereocenters. The minimum Gasteiger partial charge on any atom is -0.377 e. The van der Waals surface area contributed by atoms with Crippen LogP contribution in [0.4, 0.5) is 5.69 Å². The average Bonchev–Trinajstić information content (AvgIpc) is 3.20. The van der Waals surface area contributed by atoms with Crippen molar-refractivity contribution in [1.29, 1.82) is 0 Å². The second-order valence-electron chi connectivity index (χ2n) is 5.50. The van der Waals surface area contributed by atoms with E-state index < -0.39 is 0 Å². The minimum absolute atomic E-state index is 0.293. The minimum atomic E-state index is 0.293. The molecular weight excluding hydrogens is 238 g/mol. The summed E-state index contributed by atoms with van der Waals surface area (Å²) in [5, 5.41) is 3.54. The van der Waals surface area contributed by atoms with Gasteiger partial charge in [-0.3, -0.25) is 4.98 Å². The molecular formula is C15H25N3O. The molecule has 1 heterocycles. The molecule has 1 saturated carbocycles. The van der Waals surface area contributed by atoms with Crippen molar-refractivity contribution < 1.29 is 4.74 Å². The van der Waals surface area contributed by atoms with Gasteiger partial charge >= 0.3 is 0 Å². The van der Waals surface area contributed by atoms with Crippen molar-refractivity contribution in [3.05, 3.63) is 24.0 Å². The van der Waals surface area contributed by atoms with Crippen LogP contribution >= 0.6 is 0 Å². The van der Waals surface area contributed by atoms with Gasteiger partial charge in [-0.2, -0.15) is 0 Å². The summed E-state index contributed by atoms with van der Waals surface area (Å²) in [4.78, 5) is 6.48. The zero-order valence-electron chi connectivity index (χ0n) is 12.2. The highest BCUT2D eigenvalue weighted by Crippen LogP contribution is 2.22. The van der Waals surface area contributed by atoms with Gasteiger partial charge < -0.3 is 15.0 Å². The molecule has 4 heteroatoms. The molecule has 0 amide bonds. The maximum Gasteiger partial charge on any atom is 0.0644 e. The number of aromatic nitrogens is 1. The van der Waals surface area contributed by atoms with Gasteiger partial charge in [-0.05, 0) is 32.8 Å². The van der Waals surface area contributed by atoms with E-state index in [1.165, 1.54) is 24.1 Å². The molecule has 1 fully saturated rings. The van der Waals surface area contributed by atoms with E-state index in [1.54, 1.807) is 0 Å². The van der Waals surface area contributed by atoms with Crippen LogP contribution in [0, 0.1) is 0 Å². The van der Waals surface area contributed by atoms with Gasteiger partial charge in [0, 0.05) is 49.8 Å². The summed E-state index contributed by atoms with van der Waals surface area (Å²) >= 11 is 0. The first-order valence-corrected chi connectivity index (χ1v) is 7.16. The van der Waals surface area contributed by atoms with Crippen molar-refractivity contribution >= 4 is 5.69 Å². The third-order valence-corrected chi connectivity index (χ3v) is 3.33. The van der Waals surface area contributed by atoms with E-state index in [4.69, 9.17) is 4.74 Å².